The number of nitrogens with two attached hydrogens (primary N) is 1. The van der Waals surface area contributed by atoms with Crippen molar-refractivity contribution < 1.29 is 9.50 Å². The van der Waals surface area contributed by atoms with Crippen molar-refractivity contribution in [3.05, 3.63) is 28.0 Å². The molecule has 0 aliphatic heterocycles. The molecular formula is C9H9BrFNO. The Kier molecular flexibility index (Phi) is 1.85. The Hall–Kier alpha value is -0.610. The molecule has 3 N–H and O–H groups in total. The number of hydrogen-bond donors (Lipinski definition) is 2. The Morgan fingerprint density at radius 1 is 1.46 bits per heavy atom. The summed E-state index contributed by atoms with van der Waals surface area (Å²) in [5, 5.41) is 9.45. The average molecular weight is 246 g/mol. The van der Waals surface area contributed by atoms with E-state index in [1.807, 2.05) is 0 Å². The standard InChI is InChI=1S/C9H9BrFNO/c10-5-1-2-6(13)7(8(5)11)9(12)3-4-9/h1-2,13H,3-4,12H2. The van der Waals surface area contributed by atoms with Crippen molar-refractivity contribution in [3.8, 4) is 5.75 Å². The molecule has 1 aromatic rings. The summed E-state index contributed by atoms with van der Waals surface area (Å²) in [6.07, 6.45) is 1.46. The van der Waals surface area contributed by atoms with E-state index < -0.39 is 11.4 Å². The van der Waals surface area contributed by atoms with Gasteiger partial charge in [0.2, 0.25) is 0 Å². The van der Waals surface area contributed by atoms with Gasteiger partial charge in [-0.05, 0) is 40.9 Å². The van der Waals surface area contributed by atoms with Gasteiger partial charge in [0.05, 0.1) is 10.0 Å². The molecule has 1 aliphatic carbocycles. The van der Waals surface area contributed by atoms with Gasteiger partial charge in [-0.3, -0.25) is 0 Å². The normalized spacial score (nSPS) is 18.7. The molecule has 0 amide bonds. The van der Waals surface area contributed by atoms with E-state index in [2.05, 4.69) is 15.9 Å². The van der Waals surface area contributed by atoms with Crippen LogP contribution in [0.15, 0.2) is 16.6 Å². The molecule has 0 spiro atoms. The van der Waals surface area contributed by atoms with Gasteiger partial charge in [0.1, 0.15) is 11.6 Å². The molecule has 2 nitrogen and oxygen atoms in total. The second-order valence-corrected chi connectivity index (χ2v) is 4.27. The zero-order chi connectivity index (χ0) is 9.64. The summed E-state index contributed by atoms with van der Waals surface area (Å²) >= 11 is 3.06. The SMILES string of the molecule is NC1(c2c(O)ccc(Br)c2F)CC1. The lowest BCUT2D eigenvalue weighted by atomic mass is 10.0. The first-order valence-electron chi connectivity index (χ1n) is 4.01. The summed E-state index contributed by atoms with van der Waals surface area (Å²) < 4.78 is 13.9. The largest absolute Gasteiger partial charge is 0.507 e. The van der Waals surface area contributed by atoms with E-state index in [-0.39, 0.29) is 11.3 Å². The molecule has 1 aromatic carbocycles. The van der Waals surface area contributed by atoms with Crippen LogP contribution in [0.25, 0.3) is 0 Å². The number of halogens is 2. The van der Waals surface area contributed by atoms with Gasteiger partial charge in [0, 0.05) is 5.54 Å². The highest BCUT2D eigenvalue weighted by Gasteiger charge is 2.44. The van der Waals surface area contributed by atoms with Crippen molar-refractivity contribution in [2.75, 3.05) is 0 Å². The van der Waals surface area contributed by atoms with E-state index in [0.717, 1.165) is 12.8 Å². The minimum atomic E-state index is -0.641. The van der Waals surface area contributed by atoms with E-state index >= 15 is 0 Å². The zero-order valence-electron chi connectivity index (χ0n) is 6.85. The second-order valence-electron chi connectivity index (χ2n) is 3.41. The lowest BCUT2D eigenvalue weighted by Crippen LogP contribution is -2.20. The predicted octanol–water partition coefficient (Wildman–Crippen LogP) is 2.24. The maximum absolute atomic E-state index is 13.5. The van der Waals surface area contributed by atoms with Crippen molar-refractivity contribution in [1.82, 2.24) is 0 Å². The fourth-order valence-corrected chi connectivity index (χ4v) is 1.73. The first-order chi connectivity index (χ1) is 6.04. The molecule has 0 saturated heterocycles. The first kappa shape index (κ1) is 8.97. The Morgan fingerprint density at radius 2 is 2.08 bits per heavy atom. The summed E-state index contributed by atoms with van der Waals surface area (Å²) in [5.74, 6) is -0.499. The van der Waals surface area contributed by atoms with Crippen LogP contribution >= 0.6 is 15.9 Å². The van der Waals surface area contributed by atoms with Gasteiger partial charge in [-0.2, -0.15) is 0 Å². The van der Waals surface area contributed by atoms with E-state index in [1.54, 1.807) is 0 Å². The number of aromatic hydroxyl groups is 1. The fourth-order valence-electron chi connectivity index (χ4n) is 1.40. The van der Waals surface area contributed by atoms with Crippen molar-refractivity contribution in [3.63, 3.8) is 0 Å². The van der Waals surface area contributed by atoms with Crippen LogP contribution in [-0.2, 0) is 5.54 Å². The van der Waals surface area contributed by atoms with Gasteiger partial charge in [-0.25, -0.2) is 4.39 Å². The van der Waals surface area contributed by atoms with Crippen LogP contribution in [0.2, 0.25) is 0 Å². The number of hydrogen-bond acceptors (Lipinski definition) is 2. The molecule has 0 aromatic heterocycles. The van der Waals surface area contributed by atoms with Crippen LogP contribution in [0.3, 0.4) is 0 Å². The number of benzene rings is 1. The summed E-state index contributed by atoms with van der Waals surface area (Å²) in [6.45, 7) is 0. The summed E-state index contributed by atoms with van der Waals surface area (Å²) in [5.41, 5.74) is 5.41. The molecule has 4 heteroatoms. The monoisotopic (exact) mass is 245 g/mol. The molecule has 1 fully saturated rings. The third kappa shape index (κ3) is 1.34. The molecule has 2 rings (SSSR count). The molecule has 0 unspecified atom stereocenters. The van der Waals surface area contributed by atoms with E-state index in [4.69, 9.17) is 5.73 Å². The smallest absolute Gasteiger partial charge is 0.146 e. The third-order valence-electron chi connectivity index (χ3n) is 2.36. The van der Waals surface area contributed by atoms with E-state index in [0.29, 0.717) is 4.47 Å². The highest BCUT2D eigenvalue weighted by molar-refractivity contribution is 9.10. The highest BCUT2D eigenvalue weighted by Crippen LogP contribution is 2.48. The molecule has 0 heterocycles. The van der Waals surface area contributed by atoms with Gasteiger partial charge in [-0.15, -0.1) is 0 Å². The summed E-state index contributed by atoms with van der Waals surface area (Å²) in [6, 6.07) is 2.93. The average Bonchev–Trinajstić information content (AvgIpc) is 2.78. The van der Waals surface area contributed by atoms with Crippen LogP contribution in [0.5, 0.6) is 5.75 Å². The van der Waals surface area contributed by atoms with Crippen LogP contribution in [0.4, 0.5) is 4.39 Å². The van der Waals surface area contributed by atoms with Crippen molar-refractivity contribution in [1.29, 1.82) is 0 Å². The van der Waals surface area contributed by atoms with Gasteiger partial charge in [-0.1, -0.05) is 0 Å². The summed E-state index contributed by atoms with van der Waals surface area (Å²) in [7, 11) is 0. The zero-order valence-corrected chi connectivity index (χ0v) is 8.44. The Bertz CT molecular complexity index is 363. The molecule has 70 valence electrons. The fraction of sp³-hybridized carbons (Fsp3) is 0.333. The molecule has 13 heavy (non-hydrogen) atoms. The highest BCUT2D eigenvalue weighted by atomic mass is 79.9. The Labute approximate surface area is 83.7 Å². The number of rotatable bonds is 1. The molecule has 0 radical (unpaired) electrons. The van der Waals surface area contributed by atoms with Crippen molar-refractivity contribution in [2.45, 2.75) is 18.4 Å². The van der Waals surface area contributed by atoms with Gasteiger partial charge in [0.25, 0.3) is 0 Å². The van der Waals surface area contributed by atoms with Crippen LogP contribution in [0, 0.1) is 5.82 Å². The first-order valence-corrected chi connectivity index (χ1v) is 4.80. The molecule has 0 atom stereocenters. The molecule has 0 bridgehead atoms. The molecular weight excluding hydrogens is 237 g/mol. The minimum Gasteiger partial charge on any atom is -0.507 e. The van der Waals surface area contributed by atoms with Gasteiger partial charge in [0.15, 0.2) is 0 Å². The van der Waals surface area contributed by atoms with Crippen LogP contribution in [0.1, 0.15) is 18.4 Å². The maximum atomic E-state index is 13.5. The lowest BCUT2D eigenvalue weighted by molar-refractivity contribution is 0.445. The van der Waals surface area contributed by atoms with Gasteiger partial charge < -0.3 is 10.8 Å². The van der Waals surface area contributed by atoms with Crippen molar-refractivity contribution in [2.24, 2.45) is 5.73 Å². The quantitative estimate of drug-likeness (QED) is 0.798. The Morgan fingerprint density at radius 3 is 2.62 bits per heavy atom. The van der Waals surface area contributed by atoms with Gasteiger partial charge >= 0.3 is 0 Å². The minimum absolute atomic E-state index is 0.0549. The third-order valence-corrected chi connectivity index (χ3v) is 2.97. The maximum Gasteiger partial charge on any atom is 0.146 e. The van der Waals surface area contributed by atoms with E-state index in [1.165, 1.54) is 12.1 Å². The number of phenolic OH excluding ortho intramolecular Hbond substituents is 1. The molecule has 1 saturated carbocycles. The van der Waals surface area contributed by atoms with E-state index in [9.17, 15) is 9.50 Å². The lowest BCUT2D eigenvalue weighted by Gasteiger charge is -2.13. The summed E-state index contributed by atoms with van der Waals surface area (Å²) in [4.78, 5) is 0. The van der Waals surface area contributed by atoms with Crippen LogP contribution in [-0.4, -0.2) is 5.11 Å². The Balaban J connectivity index is 2.61. The van der Waals surface area contributed by atoms with Crippen LogP contribution < -0.4 is 5.73 Å². The number of phenols is 1. The topological polar surface area (TPSA) is 46.2 Å². The molecule has 1 aliphatic rings. The predicted molar refractivity (Wildman–Crippen MR) is 50.9 cm³/mol. The van der Waals surface area contributed by atoms with Crippen molar-refractivity contribution >= 4 is 15.9 Å². The second kappa shape index (κ2) is 2.69.